The Morgan fingerprint density at radius 3 is 2.39 bits per heavy atom. The van der Waals surface area contributed by atoms with Gasteiger partial charge in [-0.15, -0.1) is 0 Å². The predicted octanol–water partition coefficient (Wildman–Crippen LogP) is 4.90. The molecule has 148 valence electrons. The van der Waals surface area contributed by atoms with Crippen molar-refractivity contribution in [1.82, 2.24) is 4.98 Å². The van der Waals surface area contributed by atoms with E-state index in [9.17, 15) is 8.42 Å². The number of aromatic nitrogens is 1. The van der Waals surface area contributed by atoms with Crippen molar-refractivity contribution >= 4 is 27.3 Å². The van der Waals surface area contributed by atoms with Crippen LogP contribution in [-0.4, -0.2) is 26.5 Å². The van der Waals surface area contributed by atoms with E-state index < -0.39 is 9.84 Å². The number of hydrogen-bond donors (Lipinski definition) is 0. The lowest BCUT2D eigenvalue weighted by molar-refractivity contribution is 0.342. The van der Waals surface area contributed by atoms with Gasteiger partial charge in [0.1, 0.15) is 0 Å². The molecule has 8 heteroatoms. The first-order chi connectivity index (χ1) is 13.3. The minimum absolute atomic E-state index is 0.0949. The molecule has 1 aliphatic rings. The highest BCUT2D eigenvalue weighted by Gasteiger charge is 2.34. The molecule has 3 aromatic rings. The number of rotatable bonds is 4. The molecule has 1 aliphatic heterocycles. The molecular formula is C20H21ClN2O4S. The van der Waals surface area contributed by atoms with Crippen LogP contribution in [0.3, 0.4) is 0 Å². The Morgan fingerprint density at radius 2 is 1.79 bits per heavy atom. The van der Waals surface area contributed by atoms with Crippen molar-refractivity contribution in [3.05, 3.63) is 47.7 Å². The number of nitrogens with zero attached hydrogens (tertiary/aromatic N) is 2. The van der Waals surface area contributed by atoms with Crippen molar-refractivity contribution in [3.8, 4) is 11.7 Å². The van der Waals surface area contributed by atoms with Gasteiger partial charge >= 0.3 is 0 Å². The van der Waals surface area contributed by atoms with Crippen molar-refractivity contribution < 1.29 is 17.3 Å². The molecule has 0 bridgehead atoms. The Bertz CT molecular complexity index is 1050. The Labute approximate surface area is 169 Å². The van der Waals surface area contributed by atoms with Crippen molar-refractivity contribution in [2.24, 2.45) is 11.8 Å². The summed E-state index contributed by atoms with van der Waals surface area (Å²) in [5.41, 5.74) is 0. The van der Waals surface area contributed by atoms with Crippen molar-refractivity contribution in [3.63, 3.8) is 0 Å². The van der Waals surface area contributed by atoms with Crippen LogP contribution in [0.15, 0.2) is 61.4 Å². The van der Waals surface area contributed by atoms with Gasteiger partial charge in [-0.05, 0) is 54.7 Å². The van der Waals surface area contributed by atoms with Crippen LogP contribution >= 0.6 is 11.6 Å². The van der Waals surface area contributed by atoms with Gasteiger partial charge in [0.15, 0.2) is 5.76 Å². The smallest absolute Gasteiger partial charge is 0.266 e. The lowest BCUT2D eigenvalue weighted by atomic mass is 9.92. The van der Waals surface area contributed by atoms with Gasteiger partial charge in [0.25, 0.3) is 5.89 Å². The molecule has 4 rings (SSSR count). The van der Waals surface area contributed by atoms with E-state index in [4.69, 9.17) is 20.4 Å². The number of benzene rings is 1. The van der Waals surface area contributed by atoms with E-state index in [1.54, 1.807) is 24.3 Å². The van der Waals surface area contributed by atoms with Crippen LogP contribution in [0.25, 0.3) is 11.7 Å². The first-order valence-electron chi connectivity index (χ1n) is 9.15. The Balaban J connectivity index is 1.84. The minimum atomic E-state index is -3.89. The van der Waals surface area contributed by atoms with Crippen molar-refractivity contribution in [2.75, 3.05) is 18.0 Å². The van der Waals surface area contributed by atoms with Gasteiger partial charge in [-0.25, -0.2) is 8.42 Å². The van der Waals surface area contributed by atoms with Crippen molar-refractivity contribution in [2.45, 2.75) is 30.2 Å². The van der Waals surface area contributed by atoms with Crippen LogP contribution < -0.4 is 4.90 Å². The van der Waals surface area contributed by atoms with E-state index >= 15 is 0 Å². The standard InChI is InChI=1S/C20H21ClN2O4S/c1-13-10-14(2)12-23(11-13)20-19(22-18(27-20)17-4-3-9-26-17)28(24,25)16-7-5-15(21)6-8-16/h3-9,13-14H,10-12H2,1-2H3/t13-,14-/m0/s1. The van der Waals surface area contributed by atoms with Gasteiger partial charge < -0.3 is 13.7 Å². The summed E-state index contributed by atoms with van der Waals surface area (Å²) >= 11 is 5.91. The minimum Gasteiger partial charge on any atom is -0.459 e. The summed E-state index contributed by atoms with van der Waals surface area (Å²) in [7, 11) is -3.89. The van der Waals surface area contributed by atoms with Crippen LogP contribution in [0.4, 0.5) is 5.88 Å². The van der Waals surface area contributed by atoms with Crippen molar-refractivity contribution in [1.29, 1.82) is 0 Å². The molecule has 1 aromatic carbocycles. The van der Waals surface area contributed by atoms with Gasteiger partial charge in [-0.2, -0.15) is 4.98 Å². The molecule has 1 fully saturated rings. The molecule has 0 spiro atoms. The maximum absolute atomic E-state index is 13.3. The highest BCUT2D eigenvalue weighted by Crippen LogP contribution is 2.37. The normalized spacial score (nSPS) is 20.5. The molecule has 6 nitrogen and oxygen atoms in total. The first kappa shape index (κ1) is 19.1. The molecule has 3 heterocycles. The van der Waals surface area contributed by atoms with Gasteiger partial charge in [0, 0.05) is 18.1 Å². The third kappa shape index (κ3) is 3.56. The van der Waals surface area contributed by atoms with Gasteiger partial charge in [-0.1, -0.05) is 25.4 Å². The summed E-state index contributed by atoms with van der Waals surface area (Å²) in [5.74, 6) is 1.65. The summed E-state index contributed by atoms with van der Waals surface area (Å²) in [5, 5.41) is 0.372. The third-order valence-electron chi connectivity index (χ3n) is 4.85. The summed E-state index contributed by atoms with van der Waals surface area (Å²) in [6.45, 7) is 5.72. The first-order valence-corrected chi connectivity index (χ1v) is 11.0. The van der Waals surface area contributed by atoms with E-state index in [-0.39, 0.29) is 21.7 Å². The lowest BCUT2D eigenvalue weighted by Crippen LogP contribution is -2.39. The molecule has 0 aliphatic carbocycles. The number of sulfone groups is 1. The molecule has 1 saturated heterocycles. The van der Waals surface area contributed by atoms with Gasteiger partial charge in [0.05, 0.1) is 11.2 Å². The SMILES string of the molecule is C[C@H]1C[C@H](C)CN(c2oc(-c3ccco3)nc2S(=O)(=O)c2ccc(Cl)cc2)C1. The monoisotopic (exact) mass is 420 g/mol. The summed E-state index contributed by atoms with van der Waals surface area (Å²) in [4.78, 5) is 6.42. The van der Waals surface area contributed by atoms with Crippen LogP contribution in [0.2, 0.25) is 5.02 Å². The van der Waals surface area contributed by atoms with Crippen LogP contribution in [0.1, 0.15) is 20.3 Å². The summed E-state index contributed by atoms with van der Waals surface area (Å²) < 4.78 is 38.0. The van der Waals surface area contributed by atoms with Crippen LogP contribution in [0.5, 0.6) is 0 Å². The predicted molar refractivity (Wildman–Crippen MR) is 106 cm³/mol. The summed E-state index contributed by atoms with van der Waals surface area (Å²) in [6.07, 6.45) is 2.59. The highest BCUT2D eigenvalue weighted by molar-refractivity contribution is 7.91. The fourth-order valence-electron chi connectivity index (χ4n) is 3.73. The number of piperidine rings is 1. The van der Waals surface area contributed by atoms with E-state index in [1.165, 1.54) is 18.4 Å². The molecule has 0 radical (unpaired) electrons. The number of halogens is 1. The number of oxazole rings is 1. The maximum Gasteiger partial charge on any atom is 0.266 e. The highest BCUT2D eigenvalue weighted by atomic mass is 35.5. The number of furan rings is 1. The lowest BCUT2D eigenvalue weighted by Gasteiger charge is -2.34. The van der Waals surface area contributed by atoms with Gasteiger partial charge in [-0.3, -0.25) is 0 Å². The number of hydrogen-bond acceptors (Lipinski definition) is 6. The Kier molecular flexibility index (Phi) is 4.97. The van der Waals surface area contributed by atoms with E-state index in [2.05, 4.69) is 18.8 Å². The molecule has 2 aromatic heterocycles. The zero-order chi connectivity index (χ0) is 19.9. The molecule has 28 heavy (non-hydrogen) atoms. The summed E-state index contributed by atoms with van der Waals surface area (Å²) in [6, 6.07) is 9.45. The second kappa shape index (κ2) is 7.29. The largest absolute Gasteiger partial charge is 0.459 e. The zero-order valence-corrected chi connectivity index (χ0v) is 17.2. The Hall–Kier alpha value is -2.25. The maximum atomic E-state index is 13.3. The average molecular weight is 421 g/mol. The fraction of sp³-hybridized carbons (Fsp3) is 0.350. The molecule has 0 N–H and O–H groups in total. The van der Waals surface area contributed by atoms with E-state index in [0.717, 1.165) is 6.42 Å². The second-order valence-electron chi connectivity index (χ2n) is 7.42. The second-order valence-corrected chi connectivity index (χ2v) is 9.72. The average Bonchev–Trinajstić information content (AvgIpc) is 3.31. The topological polar surface area (TPSA) is 76.6 Å². The molecular weight excluding hydrogens is 400 g/mol. The zero-order valence-electron chi connectivity index (χ0n) is 15.6. The fourth-order valence-corrected chi connectivity index (χ4v) is 5.18. The van der Waals surface area contributed by atoms with Crippen LogP contribution in [-0.2, 0) is 9.84 Å². The molecule has 0 unspecified atom stereocenters. The number of anilines is 1. The third-order valence-corrected chi connectivity index (χ3v) is 6.77. The Morgan fingerprint density at radius 1 is 1.11 bits per heavy atom. The van der Waals surface area contributed by atoms with Crippen LogP contribution in [0, 0.1) is 11.8 Å². The van der Waals surface area contributed by atoms with Gasteiger partial charge in [0.2, 0.25) is 20.7 Å². The quantitative estimate of drug-likeness (QED) is 0.597. The molecule has 0 amide bonds. The van der Waals surface area contributed by atoms with E-state index in [0.29, 0.717) is 35.7 Å². The molecule has 2 atom stereocenters. The molecule has 0 saturated carbocycles. The van der Waals surface area contributed by atoms with E-state index in [1.807, 2.05) is 4.90 Å².